The number of carbonyl (C=O) groups excluding carboxylic acids is 1. The van der Waals surface area contributed by atoms with Gasteiger partial charge in [-0.1, -0.05) is 52.2 Å². The molecule has 0 aromatic carbocycles. The first-order valence-electron chi connectivity index (χ1n) is 17.4. The molecule has 0 aromatic heterocycles. The maximum absolute atomic E-state index is 12.1. The van der Waals surface area contributed by atoms with Gasteiger partial charge in [-0.2, -0.15) is 0 Å². The summed E-state index contributed by atoms with van der Waals surface area (Å²) in [6, 6.07) is 0. The summed E-state index contributed by atoms with van der Waals surface area (Å²) in [5.74, 6) is 1.11. The lowest BCUT2D eigenvalue weighted by Crippen LogP contribution is -2.63. The number of fused-ring (bicyclic) bond motifs is 5. The van der Waals surface area contributed by atoms with Crippen LogP contribution in [-0.2, 0) is 19.0 Å². The average Bonchev–Trinajstić information content (AvgIpc) is 3.36. The largest absolute Gasteiger partial charge is 0.466 e. The molecule has 45 heavy (non-hydrogen) atoms. The lowest BCUT2D eigenvalue weighted by molar-refractivity contribution is -0.324. The second-order valence-corrected chi connectivity index (χ2v) is 15.7. The number of aliphatic hydroxyl groups excluding tert-OH is 6. The van der Waals surface area contributed by atoms with Gasteiger partial charge < -0.3 is 44.8 Å². The summed E-state index contributed by atoms with van der Waals surface area (Å²) < 4.78 is 17.6. The van der Waals surface area contributed by atoms with Crippen LogP contribution in [0.25, 0.3) is 0 Å². The van der Waals surface area contributed by atoms with Gasteiger partial charge in [0.25, 0.3) is 0 Å². The van der Waals surface area contributed by atoms with Gasteiger partial charge >= 0.3 is 5.97 Å². The maximum Gasteiger partial charge on any atom is 0.302 e. The maximum atomic E-state index is 12.1. The van der Waals surface area contributed by atoms with Crippen LogP contribution in [0.3, 0.4) is 0 Å². The second kappa shape index (κ2) is 13.8. The van der Waals surface area contributed by atoms with Crippen molar-refractivity contribution >= 4 is 5.97 Å². The lowest BCUT2D eigenvalue weighted by atomic mass is 9.45. The third-order valence-electron chi connectivity index (χ3n) is 13.0. The van der Waals surface area contributed by atoms with Crippen molar-refractivity contribution in [1.82, 2.24) is 0 Å². The van der Waals surface area contributed by atoms with Gasteiger partial charge in [0, 0.05) is 6.92 Å². The van der Waals surface area contributed by atoms with Crippen LogP contribution in [-0.4, -0.2) is 98.8 Å². The number of ether oxygens (including phenoxy) is 3. The summed E-state index contributed by atoms with van der Waals surface area (Å²) in [5, 5.41) is 64.2. The minimum Gasteiger partial charge on any atom is -0.466 e. The zero-order valence-electron chi connectivity index (χ0n) is 27.8. The van der Waals surface area contributed by atoms with Crippen LogP contribution in [0.15, 0.2) is 11.6 Å². The van der Waals surface area contributed by atoms with E-state index in [4.69, 9.17) is 14.2 Å². The molecule has 5 aliphatic rings. The summed E-state index contributed by atoms with van der Waals surface area (Å²) in [5.41, 5.74) is 0.592. The van der Waals surface area contributed by atoms with Crippen molar-refractivity contribution in [2.45, 2.75) is 141 Å². The van der Waals surface area contributed by atoms with Crippen LogP contribution in [0.1, 0.15) is 92.4 Å². The third-order valence-corrected chi connectivity index (χ3v) is 13.0. The van der Waals surface area contributed by atoms with E-state index in [2.05, 4.69) is 27.7 Å². The number of hydrogen-bond acceptors (Lipinski definition) is 10. The normalized spacial score (nSPS) is 47.6. The van der Waals surface area contributed by atoms with Crippen LogP contribution in [0, 0.1) is 46.3 Å². The average molecular weight is 639 g/mol. The molecule has 6 N–H and O–H groups in total. The summed E-state index contributed by atoms with van der Waals surface area (Å²) >= 11 is 0. The Hall–Kier alpha value is -1.11. The Balaban J connectivity index is 1.38. The first kappa shape index (κ1) is 35.2. The van der Waals surface area contributed by atoms with E-state index in [1.54, 1.807) is 0 Å². The standard InChI is InChI=1S/C35H58O10/c1-18(17-43-20(3)37)7-6-8-19(2)23-9-10-24-29-25(15-28(39)35(23,24)5)34(4)12-11-22(38)13-21(34)14-26(29)44-33-32(42)31(41)30(40)27(16-36)45-33/h13,18-19,22-33,36,38-42H,6-12,14-17H2,1-5H3. The van der Waals surface area contributed by atoms with Gasteiger partial charge in [-0.3, -0.25) is 4.79 Å². The molecule has 4 aliphatic carbocycles. The molecule has 0 radical (unpaired) electrons. The molecule has 4 fully saturated rings. The molecule has 0 amide bonds. The van der Waals surface area contributed by atoms with E-state index in [0.29, 0.717) is 43.6 Å². The molecule has 1 saturated heterocycles. The van der Waals surface area contributed by atoms with Gasteiger partial charge in [0.15, 0.2) is 6.29 Å². The third kappa shape index (κ3) is 6.52. The van der Waals surface area contributed by atoms with E-state index < -0.39 is 55.6 Å². The van der Waals surface area contributed by atoms with Crippen molar-refractivity contribution in [3.8, 4) is 0 Å². The summed E-state index contributed by atoms with van der Waals surface area (Å²) in [7, 11) is 0. The highest BCUT2D eigenvalue weighted by molar-refractivity contribution is 5.65. The van der Waals surface area contributed by atoms with Crippen molar-refractivity contribution in [3.63, 3.8) is 0 Å². The molecule has 3 saturated carbocycles. The van der Waals surface area contributed by atoms with Gasteiger partial charge in [-0.25, -0.2) is 0 Å². The molecule has 16 atom stereocenters. The fraction of sp³-hybridized carbons (Fsp3) is 0.914. The van der Waals surface area contributed by atoms with Crippen molar-refractivity contribution in [2.75, 3.05) is 13.2 Å². The van der Waals surface area contributed by atoms with Crippen molar-refractivity contribution < 1.29 is 49.6 Å². The molecule has 0 aromatic rings. The molecule has 1 aliphatic heterocycles. The van der Waals surface area contributed by atoms with E-state index in [9.17, 15) is 35.4 Å². The molecule has 10 nitrogen and oxygen atoms in total. The fourth-order valence-electron chi connectivity index (χ4n) is 10.4. The quantitative estimate of drug-likeness (QED) is 0.155. The predicted molar refractivity (Wildman–Crippen MR) is 165 cm³/mol. The Bertz CT molecular complexity index is 1070. The van der Waals surface area contributed by atoms with Crippen molar-refractivity contribution in [2.24, 2.45) is 46.3 Å². The van der Waals surface area contributed by atoms with Gasteiger partial charge in [0.05, 0.1) is 31.5 Å². The minimum atomic E-state index is -1.52. The van der Waals surface area contributed by atoms with E-state index in [1.165, 1.54) is 6.92 Å². The van der Waals surface area contributed by atoms with E-state index in [-0.39, 0.29) is 34.6 Å². The fourth-order valence-corrected chi connectivity index (χ4v) is 10.4. The summed E-state index contributed by atoms with van der Waals surface area (Å²) in [4.78, 5) is 11.2. The van der Waals surface area contributed by atoms with E-state index in [0.717, 1.165) is 44.1 Å². The predicted octanol–water partition coefficient (Wildman–Crippen LogP) is 2.70. The summed E-state index contributed by atoms with van der Waals surface area (Å²) in [6.45, 7) is 10.3. The van der Waals surface area contributed by atoms with Gasteiger partial charge in [-0.15, -0.1) is 0 Å². The smallest absolute Gasteiger partial charge is 0.302 e. The molecule has 1 heterocycles. The number of rotatable bonds is 10. The zero-order valence-corrected chi connectivity index (χ0v) is 27.8. The Morgan fingerprint density at radius 3 is 2.44 bits per heavy atom. The molecule has 258 valence electrons. The van der Waals surface area contributed by atoms with Crippen molar-refractivity contribution in [1.29, 1.82) is 0 Å². The number of hydrogen-bond donors (Lipinski definition) is 6. The molecule has 0 bridgehead atoms. The number of esters is 1. The number of carbonyl (C=O) groups is 1. The monoisotopic (exact) mass is 638 g/mol. The van der Waals surface area contributed by atoms with Gasteiger partial charge in [0.2, 0.25) is 0 Å². The Morgan fingerprint density at radius 1 is 1.02 bits per heavy atom. The van der Waals surface area contributed by atoms with Gasteiger partial charge in [0.1, 0.15) is 24.4 Å². The first-order chi connectivity index (χ1) is 21.2. The molecule has 16 unspecified atom stereocenters. The molecule has 0 spiro atoms. The topological polar surface area (TPSA) is 166 Å². The Labute approximate surface area is 268 Å². The first-order valence-corrected chi connectivity index (χ1v) is 17.4. The minimum absolute atomic E-state index is 0.0594. The van der Waals surface area contributed by atoms with Crippen LogP contribution in [0.5, 0.6) is 0 Å². The SMILES string of the molecule is CC(=O)OCC(C)CCCC(C)C1CCC2C3C(OC4OC(CO)C(O)C(O)C4O)CC4=CC(O)CCC4(C)C3CC(O)C12C. The highest BCUT2D eigenvalue weighted by Crippen LogP contribution is 2.68. The highest BCUT2D eigenvalue weighted by Gasteiger charge is 2.65. The molecular weight excluding hydrogens is 580 g/mol. The van der Waals surface area contributed by atoms with Crippen LogP contribution >= 0.6 is 0 Å². The van der Waals surface area contributed by atoms with E-state index in [1.807, 2.05) is 6.08 Å². The Morgan fingerprint density at radius 2 is 1.76 bits per heavy atom. The highest BCUT2D eigenvalue weighted by atomic mass is 16.7. The molecule has 5 rings (SSSR count). The second-order valence-electron chi connectivity index (χ2n) is 15.7. The van der Waals surface area contributed by atoms with Crippen LogP contribution in [0.4, 0.5) is 0 Å². The van der Waals surface area contributed by atoms with Crippen LogP contribution < -0.4 is 0 Å². The van der Waals surface area contributed by atoms with Gasteiger partial charge in [-0.05, 0) is 91.3 Å². The van der Waals surface area contributed by atoms with Crippen molar-refractivity contribution in [3.05, 3.63) is 11.6 Å². The van der Waals surface area contributed by atoms with Crippen LogP contribution in [0.2, 0.25) is 0 Å². The molecular formula is C35H58O10. The lowest BCUT2D eigenvalue weighted by Gasteiger charge is -2.62. The Kier molecular flexibility index (Phi) is 10.8. The number of aliphatic hydroxyl groups is 6. The zero-order chi connectivity index (χ0) is 32.8. The van der Waals surface area contributed by atoms with E-state index >= 15 is 0 Å². The molecule has 10 heteroatoms. The summed E-state index contributed by atoms with van der Waals surface area (Å²) in [6.07, 6.45) is 1.46.